The van der Waals surface area contributed by atoms with E-state index in [0.717, 1.165) is 41.5 Å². The number of nitrogens with zero attached hydrogens (tertiary/aromatic N) is 1. The fourth-order valence-corrected chi connectivity index (χ4v) is 6.72. The molecule has 0 aromatic heterocycles. The molecular formula is C35H43Cl2N3O4. The summed E-state index contributed by atoms with van der Waals surface area (Å²) in [5, 5.41) is 16.7. The molecule has 44 heavy (non-hydrogen) atoms. The van der Waals surface area contributed by atoms with E-state index in [1.165, 1.54) is 12.7 Å². The molecule has 9 heteroatoms. The second kappa shape index (κ2) is 15.8. The number of hydrogen-bond donors (Lipinski definition) is 3. The molecule has 0 radical (unpaired) electrons. The monoisotopic (exact) mass is 639 g/mol. The summed E-state index contributed by atoms with van der Waals surface area (Å²) in [5.41, 5.74) is 9.40. The Kier molecular flexibility index (Phi) is 12.1. The second-order valence-corrected chi connectivity index (χ2v) is 12.4. The van der Waals surface area contributed by atoms with Crippen molar-refractivity contribution in [2.45, 2.75) is 57.0 Å². The van der Waals surface area contributed by atoms with Crippen LogP contribution >= 0.6 is 23.2 Å². The molecule has 3 aromatic rings. The highest BCUT2D eigenvalue weighted by Gasteiger charge is 2.43. The van der Waals surface area contributed by atoms with Crippen LogP contribution in [-0.2, 0) is 21.6 Å². The third kappa shape index (κ3) is 8.13. The van der Waals surface area contributed by atoms with Gasteiger partial charge >= 0.3 is 6.09 Å². The number of benzene rings is 3. The lowest BCUT2D eigenvalue weighted by atomic mass is 9.72. The number of nitrogens with two attached hydrogens (primary N) is 1. The minimum absolute atomic E-state index is 0.0109. The van der Waals surface area contributed by atoms with Gasteiger partial charge in [0.1, 0.15) is 0 Å². The lowest BCUT2D eigenvalue weighted by Crippen LogP contribution is -2.49. The number of amides is 2. The van der Waals surface area contributed by atoms with E-state index in [1.54, 1.807) is 0 Å². The van der Waals surface area contributed by atoms with Crippen molar-refractivity contribution in [1.82, 2.24) is 10.2 Å². The van der Waals surface area contributed by atoms with Gasteiger partial charge in [-0.05, 0) is 79.1 Å². The summed E-state index contributed by atoms with van der Waals surface area (Å²) in [7, 11) is 1.32. The highest BCUT2D eigenvalue weighted by atomic mass is 35.5. The molecular weight excluding hydrogens is 597 g/mol. The first-order valence-corrected chi connectivity index (χ1v) is 16.1. The lowest BCUT2D eigenvalue weighted by Gasteiger charge is -2.44. The maximum Gasteiger partial charge on any atom is 0.406 e. The standard InChI is InChI=1S/C35H43Cl2N3O4/c1-3-24-8-4-9-26(20-24)33-30(11-5-12-31(33)37)35(43,17-7-18-39-34(42)44-2)28-10-6-19-40(23-28)32(41)21-27(22-38)25-13-15-29(36)16-14-25/h4-5,8-9,11-16,20,27-28,43H,3,6-7,10,17-19,21-23,38H2,1-2H3,(H,39,42). The first-order chi connectivity index (χ1) is 21.2. The zero-order valence-corrected chi connectivity index (χ0v) is 27.0. The van der Waals surface area contributed by atoms with Gasteiger partial charge < -0.3 is 25.8 Å². The Hall–Kier alpha value is -3.10. The van der Waals surface area contributed by atoms with Crippen LogP contribution in [0.3, 0.4) is 0 Å². The number of carbonyl (C=O) groups excluding carboxylic acids is 2. The quantitative estimate of drug-likeness (QED) is 0.187. The van der Waals surface area contributed by atoms with Gasteiger partial charge in [-0.25, -0.2) is 4.79 Å². The molecule has 3 aromatic carbocycles. The number of hydrogen-bond acceptors (Lipinski definition) is 5. The fourth-order valence-electron chi connectivity index (χ4n) is 6.31. The van der Waals surface area contributed by atoms with Crippen LogP contribution in [0, 0.1) is 5.92 Å². The average Bonchev–Trinajstić information content (AvgIpc) is 3.05. The predicted molar refractivity (Wildman–Crippen MR) is 177 cm³/mol. The van der Waals surface area contributed by atoms with E-state index < -0.39 is 11.7 Å². The summed E-state index contributed by atoms with van der Waals surface area (Å²) >= 11 is 13.0. The topological polar surface area (TPSA) is 105 Å². The van der Waals surface area contributed by atoms with Crippen LogP contribution in [-0.4, -0.2) is 55.3 Å². The van der Waals surface area contributed by atoms with Gasteiger partial charge in [-0.15, -0.1) is 0 Å². The maximum atomic E-state index is 13.7. The number of halogens is 2. The number of aryl methyl sites for hydroxylation is 1. The van der Waals surface area contributed by atoms with E-state index in [9.17, 15) is 14.7 Å². The van der Waals surface area contributed by atoms with E-state index in [4.69, 9.17) is 33.7 Å². The molecule has 7 nitrogen and oxygen atoms in total. The molecule has 0 saturated carbocycles. The molecule has 3 unspecified atom stereocenters. The highest BCUT2D eigenvalue weighted by molar-refractivity contribution is 6.33. The van der Waals surface area contributed by atoms with Crippen molar-refractivity contribution >= 4 is 35.2 Å². The van der Waals surface area contributed by atoms with Crippen LogP contribution in [0.1, 0.15) is 61.6 Å². The number of likely N-dealkylation sites (tertiary alicyclic amines) is 1. The van der Waals surface area contributed by atoms with Crippen molar-refractivity contribution < 1.29 is 19.4 Å². The summed E-state index contributed by atoms with van der Waals surface area (Å²) in [6.07, 6.45) is 2.99. The van der Waals surface area contributed by atoms with Gasteiger partial charge in [0.05, 0.1) is 12.7 Å². The van der Waals surface area contributed by atoms with E-state index in [-0.39, 0.29) is 24.2 Å². The van der Waals surface area contributed by atoms with Crippen molar-refractivity contribution in [3.8, 4) is 11.1 Å². The first kappa shape index (κ1) is 33.8. The fraction of sp³-hybridized carbons (Fsp3) is 0.429. The first-order valence-electron chi connectivity index (χ1n) is 15.4. The molecule has 236 valence electrons. The Labute approximate surface area is 270 Å². The Morgan fingerprint density at radius 1 is 1.14 bits per heavy atom. The summed E-state index contributed by atoms with van der Waals surface area (Å²) < 4.78 is 4.73. The van der Waals surface area contributed by atoms with Gasteiger partial charge in [0, 0.05) is 53.5 Å². The molecule has 0 spiro atoms. The van der Waals surface area contributed by atoms with Crippen molar-refractivity contribution in [2.24, 2.45) is 11.7 Å². The van der Waals surface area contributed by atoms with Crippen LogP contribution in [0.15, 0.2) is 66.7 Å². The summed E-state index contributed by atoms with van der Waals surface area (Å²) in [6.45, 7) is 3.80. The van der Waals surface area contributed by atoms with Gasteiger partial charge in [-0.3, -0.25) is 4.79 Å². The van der Waals surface area contributed by atoms with Crippen LogP contribution < -0.4 is 11.1 Å². The minimum atomic E-state index is -1.32. The average molecular weight is 641 g/mol. The number of piperidine rings is 1. The zero-order valence-electron chi connectivity index (χ0n) is 25.5. The SMILES string of the molecule is CCc1cccc(-c2c(Cl)cccc2C(O)(CCCNC(=O)OC)C2CCCN(C(=O)CC(CN)c3ccc(Cl)cc3)C2)c1. The molecule has 1 aliphatic rings. The Morgan fingerprint density at radius 2 is 1.89 bits per heavy atom. The third-order valence-corrected chi connectivity index (χ3v) is 9.36. The van der Waals surface area contributed by atoms with Crippen molar-refractivity contribution in [3.63, 3.8) is 0 Å². The molecule has 1 fully saturated rings. The van der Waals surface area contributed by atoms with Gasteiger partial charge in [0.2, 0.25) is 5.91 Å². The molecule has 4 rings (SSSR count). The van der Waals surface area contributed by atoms with Crippen LogP contribution in [0.4, 0.5) is 4.79 Å². The number of alkyl carbamates (subject to hydrolysis) is 1. The van der Waals surface area contributed by atoms with E-state index in [1.807, 2.05) is 59.5 Å². The molecule has 2 amide bonds. The largest absolute Gasteiger partial charge is 0.453 e. The van der Waals surface area contributed by atoms with Crippen molar-refractivity contribution in [1.29, 1.82) is 0 Å². The minimum Gasteiger partial charge on any atom is -0.453 e. The maximum absolute atomic E-state index is 13.7. The molecule has 0 bridgehead atoms. The van der Waals surface area contributed by atoms with E-state index >= 15 is 0 Å². The molecule has 1 aliphatic heterocycles. The van der Waals surface area contributed by atoms with Crippen molar-refractivity contribution in [2.75, 3.05) is 33.3 Å². The lowest BCUT2D eigenvalue weighted by molar-refractivity contribution is -0.137. The van der Waals surface area contributed by atoms with Gasteiger partial charge in [0.25, 0.3) is 0 Å². The normalized spacial score (nSPS) is 17.0. The number of ether oxygens (including phenoxy) is 1. The van der Waals surface area contributed by atoms with Crippen molar-refractivity contribution in [3.05, 3.63) is 93.5 Å². The molecule has 3 atom stereocenters. The summed E-state index contributed by atoms with van der Waals surface area (Å²) in [4.78, 5) is 27.3. The Bertz CT molecular complexity index is 1420. The number of methoxy groups -OCH3 is 1. The van der Waals surface area contributed by atoms with Gasteiger partial charge in [0.15, 0.2) is 0 Å². The number of nitrogens with one attached hydrogen (secondary N) is 1. The van der Waals surface area contributed by atoms with Gasteiger partial charge in [-0.1, -0.05) is 78.7 Å². The Balaban J connectivity index is 1.65. The molecule has 4 N–H and O–H groups in total. The number of aliphatic hydroxyl groups is 1. The predicted octanol–water partition coefficient (Wildman–Crippen LogP) is 6.92. The third-order valence-electron chi connectivity index (χ3n) is 8.79. The van der Waals surface area contributed by atoms with Gasteiger partial charge in [-0.2, -0.15) is 0 Å². The molecule has 1 saturated heterocycles. The molecule has 0 aliphatic carbocycles. The summed E-state index contributed by atoms with van der Waals surface area (Å²) in [6, 6.07) is 21.3. The number of carbonyl (C=O) groups is 2. The van der Waals surface area contributed by atoms with Crippen LogP contribution in [0.5, 0.6) is 0 Å². The van der Waals surface area contributed by atoms with Crippen LogP contribution in [0.2, 0.25) is 10.0 Å². The second-order valence-electron chi connectivity index (χ2n) is 11.5. The zero-order chi connectivity index (χ0) is 31.7. The van der Waals surface area contributed by atoms with E-state index in [0.29, 0.717) is 49.1 Å². The highest BCUT2D eigenvalue weighted by Crippen LogP contribution is 2.46. The van der Waals surface area contributed by atoms with Crippen LogP contribution in [0.25, 0.3) is 11.1 Å². The summed E-state index contributed by atoms with van der Waals surface area (Å²) in [5.74, 6) is -0.373. The Morgan fingerprint density at radius 3 is 2.59 bits per heavy atom. The van der Waals surface area contributed by atoms with E-state index in [2.05, 4.69) is 24.4 Å². The molecule has 1 heterocycles. The smallest absolute Gasteiger partial charge is 0.406 e. The number of rotatable bonds is 12.